The van der Waals surface area contributed by atoms with Gasteiger partial charge in [-0.2, -0.15) is 0 Å². The molecule has 5 nitrogen and oxygen atoms in total. The van der Waals surface area contributed by atoms with E-state index in [1.54, 1.807) is 24.3 Å². The van der Waals surface area contributed by atoms with Crippen LogP contribution < -0.4 is 5.73 Å². The van der Waals surface area contributed by atoms with Gasteiger partial charge in [-0.3, -0.25) is 0 Å². The van der Waals surface area contributed by atoms with Gasteiger partial charge >= 0.3 is 0 Å². The van der Waals surface area contributed by atoms with Crippen molar-refractivity contribution in [3.63, 3.8) is 0 Å². The van der Waals surface area contributed by atoms with E-state index in [2.05, 4.69) is 0 Å². The molecule has 6 heteroatoms. The molecule has 1 aliphatic rings. The van der Waals surface area contributed by atoms with Crippen LogP contribution in [-0.4, -0.2) is 33.7 Å². The van der Waals surface area contributed by atoms with E-state index in [9.17, 15) is 13.2 Å². The number of rotatable bonds is 6. The second-order valence-corrected chi connectivity index (χ2v) is 7.48. The molecule has 0 aliphatic carbocycles. The summed E-state index contributed by atoms with van der Waals surface area (Å²) in [5, 5.41) is 0. The Hall–Kier alpha value is -1.24. The van der Waals surface area contributed by atoms with E-state index in [0.29, 0.717) is 18.8 Å². The Bertz CT molecular complexity index is 579. The van der Waals surface area contributed by atoms with Crippen molar-refractivity contribution in [2.24, 2.45) is 11.7 Å². The molecular weight excluding hydrogens is 290 g/mol. The van der Waals surface area contributed by atoms with E-state index in [1.165, 1.54) is 0 Å². The second-order valence-electron chi connectivity index (χ2n) is 5.45. The first-order valence-electron chi connectivity index (χ1n) is 7.12. The molecule has 2 unspecified atom stereocenters. The van der Waals surface area contributed by atoms with Gasteiger partial charge in [-0.05, 0) is 36.5 Å². The van der Waals surface area contributed by atoms with Crippen LogP contribution in [0.15, 0.2) is 29.2 Å². The minimum absolute atomic E-state index is 0.0519. The summed E-state index contributed by atoms with van der Waals surface area (Å²) in [4.78, 5) is 10.8. The van der Waals surface area contributed by atoms with Crippen LogP contribution in [0.3, 0.4) is 0 Å². The third-order valence-corrected chi connectivity index (χ3v) is 5.59. The van der Waals surface area contributed by atoms with Gasteiger partial charge in [0.2, 0.25) is 0 Å². The predicted molar refractivity (Wildman–Crippen MR) is 79.6 cm³/mol. The largest absolute Gasteiger partial charge is 0.381 e. The summed E-state index contributed by atoms with van der Waals surface area (Å²) in [6, 6.07) is 6.11. The standard InChI is InChI=1S/C15H21NO4S/c16-15(6-7-17)13-4-1-5-14(9-13)21(18,19)11-12-3-2-8-20-10-12/h1,4-5,7,9,12,15H,2-3,6,8,10-11,16H2. The first-order chi connectivity index (χ1) is 10.0. The third-order valence-electron chi connectivity index (χ3n) is 3.71. The molecule has 2 rings (SSSR count). The molecule has 1 saturated heterocycles. The number of carbonyl (C=O) groups is 1. The first-order valence-corrected chi connectivity index (χ1v) is 8.78. The van der Waals surface area contributed by atoms with Crippen molar-refractivity contribution in [1.82, 2.24) is 0 Å². The zero-order valence-electron chi connectivity index (χ0n) is 11.9. The normalized spacial score (nSPS) is 20.9. The molecular formula is C15H21NO4S. The fraction of sp³-hybridized carbons (Fsp3) is 0.533. The van der Waals surface area contributed by atoms with E-state index in [1.807, 2.05) is 0 Å². The monoisotopic (exact) mass is 311 g/mol. The molecule has 2 atom stereocenters. The Morgan fingerprint density at radius 3 is 2.90 bits per heavy atom. The Balaban J connectivity index is 2.15. The summed E-state index contributed by atoms with van der Waals surface area (Å²) in [6.45, 7) is 1.22. The van der Waals surface area contributed by atoms with Gasteiger partial charge in [0.15, 0.2) is 9.84 Å². The molecule has 116 valence electrons. The summed E-state index contributed by atoms with van der Waals surface area (Å²) in [6.07, 6.45) is 2.71. The maximum absolute atomic E-state index is 12.5. The maximum Gasteiger partial charge on any atom is 0.178 e. The number of aldehydes is 1. The topological polar surface area (TPSA) is 86.5 Å². The Kier molecular flexibility index (Phi) is 5.50. The summed E-state index contributed by atoms with van der Waals surface area (Å²) < 4.78 is 30.3. The van der Waals surface area contributed by atoms with Crippen molar-refractivity contribution in [3.8, 4) is 0 Å². The van der Waals surface area contributed by atoms with Gasteiger partial charge in [-0.1, -0.05) is 12.1 Å². The lowest BCUT2D eigenvalue weighted by molar-refractivity contribution is -0.108. The van der Waals surface area contributed by atoms with Gasteiger partial charge in [-0.15, -0.1) is 0 Å². The second kappa shape index (κ2) is 7.15. The smallest absolute Gasteiger partial charge is 0.178 e. The zero-order chi connectivity index (χ0) is 15.3. The number of ether oxygens (including phenoxy) is 1. The van der Waals surface area contributed by atoms with E-state index in [4.69, 9.17) is 10.5 Å². The summed E-state index contributed by atoms with van der Waals surface area (Å²) in [5.41, 5.74) is 6.53. The highest BCUT2D eigenvalue weighted by Gasteiger charge is 2.24. The van der Waals surface area contributed by atoms with Crippen LogP contribution in [0.2, 0.25) is 0 Å². The number of nitrogens with two attached hydrogens (primary N) is 1. The Labute approximate surface area is 125 Å². The van der Waals surface area contributed by atoms with Crippen molar-refractivity contribution in [2.45, 2.75) is 30.2 Å². The molecule has 1 aliphatic heterocycles. The SMILES string of the molecule is NC(CC=O)c1cccc(S(=O)(=O)CC2CCCOC2)c1. The van der Waals surface area contributed by atoms with Crippen LogP contribution in [-0.2, 0) is 19.4 Å². The lowest BCUT2D eigenvalue weighted by Crippen LogP contribution is -2.25. The number of sulfone groups is 1. The summed E-state index contributed by atoms with van der Waals surface area (Å²) in [7, 11) is -3.35. The molecule has 1 aromatic rings. The third kappa shape index (κ3) is 4.36. The van der Waals surface area contributed by atoms with Crippen molar-refractivity contribution in [3.05, 3.63) is 29.8 Å². The highest BCUT2D eigenvalue weighted by atomic mass is 32.2. The number of carbonyl (C=O) groups excluding carboxylic acids is 1. The summed E-state index contributed by atoms with van der Waals surface area (Å²) >= 11 is 0. The van der Waals surface area contributed by atoms with E-state index < -0.39 is 15.9 Å². The average molecular weight is 311 g/mol. The van der Waals surface area contributed by atoms with Gasteiger partial charge in [-0.25, -0.2) is 8.42 Å². The number of hydrogen-bond donors (Lipinski definition) is 1. The van der Waals surface area contributed by atoms with Crippen LogP contribution >= 0.6 is 0 Å². The molecule has 1 heterocycles. The fourth-order valence-electron chi connectivity index (χ4n) is 2.52. The highest BCUT2D eigenvalue weighted by Crippen LogP contribution is 2.23. The zero-order valence-corrected chi connectivity index (χ0v) is 12.7. The van der Waals surface area contributed by atoms with Crippen LogP contribution in [0.25, 0.3) is 0 Å². The molecule has 21 heavy (non-hydrogen) atoms. The van der Waals surface area contributed by atoms with E-state index >= 15 is 0 Å². The van der Waals surface area contributed by atoms with Crippen LogP contribution in [0, 0.1) is 5.92 Å². The van der Waals surface area contributed by atoms with E-state index in [-0.39, 0.29) is 23.0 Å². The van der Waals surface area contributed by atoms with Gasteiger partial charge in [0.1, 0.15) is 6.29 Å². The van der Waals surface area contributed by atoms with Gasteiger partial charge in [0, 0.05) is 19.1 Å². The van der Waals surface area contributed by atoms with Crippen molar-refractivity contribution >= 4 is 16.1 Å². The van der Waals surface area contributed by atoms with Crippen molar-refractivity contribution < 1.29 is 17.9 Å². The molecule has 0 saturated carbocycles. The molecule has 0 spiro atoms. The molecule has 1 fully saturated rings. The number of hydrogen-bond acceptors (Lipinski definition) is 5. The minimum Gasteiger partial charge on any atom is -0.381 e. The molecule has 1 aromatic carbocycles. The Morgan fingerprint density at radius 1 is 1.43 bits per heavy atom. The Morgan fingerprint density at radius 2 is 2.24 bits per heavy atom. The predicted octanol–water partition coefficient (Wildman–Crippen LogP) is 1.48. The van der Waals surface area contributed by atoms with Crippen molar-refractivity contribution in [2.75, 3.05) is 19.0 Å². The lowest BCUT2D eigenvalue weighted by Gasteiger charge is -2.22. The fourth-order valence-corrected chi connectivity index (χ4v) is 4.20. The van der Waals surface area contributed by atoms with Gasteiger partial charge in [0.05, 0.1) is 17.3 Å². The van der Waals surface area contributed by atoms with Gasteiger partial charge < -0.3 is 15.3 Å². The number of benzene rings is 1. The highest BCUT2D eigenvalue weighted by molar-refractivity contribution is 7.91. The minimum atomic E-state index is -3.35. The maximum atomic E-state index is 12.5. The molecule has 2 N–H and O–H groups in total. The quantitative estimate of drug-likeness (QED) is 0.804. The van der Waals surface area contributed by atoms with Crippen LogP contribution in [0.5, 0.6) is 0 Å². The summed E-state index contributed by atoms with van der Waals surface area (Å²) in [5.74, 6) is 0.149. The van der Waals surface area contributed by atoms with Gasteiger partial charge in [0.25, 0.3) is 0 Å². The molecule has 0 radical (unpaired) electrons. The molecule has 0 aromatic heterocycles. The lowest BCUT2D eigenvalue weighted by atomic mass is 10.1. The van der Waals surface area contributed by atoms with Crippen molar-refractivity contribution in [1.29, 1.82) is 0 Å². The first kappa shape index (κ1) is 16.1. The van der Waals surface area contributed by atoms with E-state index in [0.717, 1.165) is 19.1 Å². The van der Waals surface area contributed by atoms with Crippen LogP contribution in [0.4, 0.5) is 0 Å². The van der Waals surface area contributed by atoms with Crippen LogP contribution in [0.1, 0.15) is 30.9 Å². The molecule has 0 amide bonds. The average Bonchev–Trinajstić information content (AvgIpc) is 2.48. The molecule has 0 bridgehead atoms.